The van der Waals surface area contributed by atoms with Crippen LogP contribution in [0, 0.1) is 0 Å². The number of carbonyl (C=O) groups excluding carboxylic acids is 1. The van der Waals surface area contributed by atoms with E-state index in [4.69, 9.17) is 9.47 Å². The second kappa shape index (κ2) is 7.18. The average Bonchev–Trinajstić information content (AvgIpc) is 2.45. The molecule has 0 bridgehead atoms. The summed E-state index contributed by atoms with van der Waals surface area (Å²) in [6.07, 6.45) is -4.02. The molecule has 1 heterocycles. The molecule has 8 heteroatoms. The quantitative estimate of drug-likeness (QED) is 0.899. The van der Waals surface area contributed by atoms with Crippen molar-refractivity contribution in [3.05, 3.63) is 29.8 Å². The van der Waals surface area contributed by atoms with Gasteiger partial charge in [-0.3, -0.25) is 4.79 Å². The van der Waals surface area contributed by atoms with E-state index in [2.05, 4.69) is 10.1 Å². The van der Waals surface area contributed by atoms with Crippen LogP contribution in [-0.4, -0.2) is 37.8 Å². The summed E-state index contributed by atoms with van der Waals surface area (Å²) in [6.45, 7) is 3.02. The molecule has 23 heavy (non-hydrogen) atoms. The first-order valence-electron chi connectivity index (χ1n) is 7.15. The van der Waals surface area contributed by atoms with E-state index in [0.29, 0.717) is 18.8 Å². The van der Waals surface area contributed by atoms with Crippen molar-refractivity contribution >= 4 is 5.91 Å². The number of hydrogen-bond acceptors (Lipinski definition) is 4. The number of benzene rings is 1. The predicted molar refractivity (Wildman–Crippen MR) is 74.8 cm³/mol. The Kier molecular flexibility index (Phi) is 5.48. The molecule has 1 aliphatic rings. The van der Waals surface area contributed by atoms with E-state index in [0.717, 1.165) is 6.42 Å². The van der Waals surface area contributed by atoms with Gasteiger partial charge in [-0.25, -0.2) is 0 Å². The Balaban J connectivity index is 1.86. The number of rotatable bonds is 5. The third-order valence-electron chi connectivity index (χ3n) is 3.21. The largest absolute Gasteiger partial charge is 0.573 e. The van der Waals surface area contributed by atoms with Crippen molar-refractivity contribution in [2.45, 2.75) is 31.9 Å². The number of ether oxygens (including phenoxy) is 3. The van der Waals surface area contributed by atoms with Gasteiger partial charge in [0.2, 0.25) is 5.91 Å². The highest BCUT2D eigenvalue weighted by atomic mass is 19.4. The van der Waals surface area contributed by atoms with Gasteiger partial charge in [0.1, 0.15) is 5.75 Å². The van der Waals surface area contributed by atoms with Crippen LogP contribution >= 0.6 is 0 Å². The molecule has 1 aromatic rings. The lowest BCUT2D eigenvalue weighted by Crippen LogP contribution is -2.47. The van der Waals surface area contributed by atoms with Gasteiger partial charge < -0.3 is 19.5 Å². The Morgan fingerprint density at radius 3 is 2.70 bits per heavy atom. The average molecular weight is 333 g/mol. The first kappa shape index (κ1) is 17.6. The van der Waals surface area contributed by atoms with E-state index in [1.807, 2.05) is 0 Å². The van der Waals surface area contributed by atoms with Crippen molar-refractivity contribution in [2.24, 2.45) is 0 Å². The Morgan fingerprint density at radius 1 is 1.35 bits per heavy atom. The zero-order valence-electron chi connectivity index (χ0n) is 12.6. The molecule has 0 aromatic heterocycles. The maximum Gasteiger partial charge on any atom is 0.573 e. The molecule has 1 N–H and O–H groups in total. The SMILES string of the molecule is CC1(CNC(=O)Cc2cccc(OC(F)(F)F)c2)OCCCO1. The molecule has 1 fully saturated rings. The zero-order valence-corrected chi connectivity index (χ0v) is 12.6. The van der Waals surface area contributed by atoms with Gasteiger partial charge in [0.15, 0.2) is 5.79 Å². The Morgan fingerprint density at radius 2 is 2.04 bits per heavy atom. The fourth-order valence-corrected chi connectivity index (χ4v) is 2.14. The fraction of sp³-hybridized carbons (Fsp3) is 0.533. The second-order valence-corrected chi connectivity index (χ2v) is 5.33. The van der Waals surface area contributed by atoms with E-state index < -0.39 is 12.1 Å². The summed E-state index contributed by atoms with van der Waals surface area (Å²) in [4.78, 5) is 11.9. The summed E-state index contributed by atoms with van der Waals surface area (Å²) in [5.41, 5.74) is 0.417. The Labute approximate surface area is 131 Å². The highest BCUT2D eigenvalue weighted by Gasteiger charge is 2.31. The molecule has 0 aliphatic carbocycles. The van der Waals surface area contributed by atoms with E-state index in [9.17, 15) is 18.0 Å². The third-order valence-corrected chi connectivity index (χ3v) is 3.21. The number of alkyl halides is 3. The van der Waals surface area contributed by atoms with Crippen LogP contribution in [0.5, 0.6) is 5.75 Å². The van der Waals surface area contributed by atoms with E-state index in [1.165, 1.54) is 18.2 Å². The lowest BCUT2D eigenvalue weighted by molar-refractivity contribution is -0.274. The lowest BCUT2D eigenvalue weighted by Gasteiger charge is -2.33. The van der Waals surface area contributed by atoms with Crippen LogP contribution in [0.4, 0.5) is 13.2 Å². The van der Waals surface area contributed by atoms with Crippen molar-refractivity contribution in [3.63, 3.8) is 0 Å². The standard InChI is InChI=1S/C15H18F3NO4/c1-14(21-6-3-7-22-14)10-19-13(20)9-11-4-2-5-12(8-11)23-15(16,17)18/h2,4-5,8H,3,6-7,9-10H2,1H3,(H,19,20). The number of carbonyl (C=O) groups is 1. The second-order valence-electron chi connectivity index (χ2n) is 5.33. The van der Waals surface area contributed by atoms with Crippen LogP contribution in [0.1, 0.15) is 18.9 Å². The minimum Gasteiger partial charge on any atom is -0.406 e. The van der Waals surface area contributed by atoms with Crippen molar-refractivity contribution in [1.82, 2.24) is 5.32 Å². The zero-order chi connectivity index (χ0) is 16.9. The number of amides is 1. The summed E-state index contributed by atoms with van der Waals surface area (Å²) in [5, 5.41) is 2.66. The summed E-state index contributed by atoms with van der Waals surface area (Å²) in [7, 11) is 0. The van der Waals surface area contributed by atoms with Crippen molar-refractivity contribution < 1.29 is 32.2 Å². The van der Waals surface area contributed by atoms with Crippen LogP contribution in [-0.2, 0) is 20.7 Å². The van der Waals surface area contributed by atoms with Gasteiger partial charge in [0.25, 0.3) is 0 Å². The van der Waals surface area contributed by atoms with E-state index in [-0.39, 0.29) is 24.6 Å². The first-order valence-corrected chi connectivity index (χ1v) is 7.15. The molecule has 1 aromatic carbocycles. The highest BCUT2D eigenvalue weighted by molar-refractivity contribution is 5.78. The van der Waals surface area contributed by atoms with Gasteiger partial charge in [0.05, 0.1) is 26.2 Å². The minimum atomic E-state index is -4.76. The summed E-state index contributed by atoms with van der Waals surface area (Å²) < 4.78 is 51.3. The maximum atomic E-state index is 12.2. The first-order chi connectivity index (χ1) is 10.8. The van der Waals surface area contributed by atoms with Gasteiger partial charge >= 0.3 is 6.36 Å². The number of nitrogens with one attached hydrogen (secondary N) is 1. The predicted octanol–water partition coefficient (Wildman–Crippen LogP) is 2.40. The summed E-state index contributed by atoms with van der Waals surface area (Å²) >= 11 is 0. The van der Waals surface area contributed by atoms with E-state index >= 15 is 0 Å². The normalized spacial score (nSPS) is 17.6. The van der Waals surface area contributed by atoms with Crippen molar-refractivity contribution in [1.29, 1.82) is 0 Å². The highest BCUT2D eigenvalue weighted by Crippen LogP contribution is 2.23. The molecule has 5 nitrogen and oxygen atoms in total. The molecule has 0 radical (unpaired) electrons. The number of hydrogen-bond donors (Lipinski definition) is 1. The van der Waals surface area contributed by atoms with Gasteiger partial charge in [-0.15, -0.1) is 13.2 Å². The smallest absolute Gasteiger partial charge is 0.406 e. The number of halogens is 3. The third kappa shape index (κ3) is 6.07. The molecule has 0 spiro atoms. The molecular formula is C15H18F3NO4. The molecule has 0 saturated carbocycles. The van der Waals surface area contributed by atoms with Crippen LogP contribution in [0.15, 0.2) is 24.3 Å². The monoisotopic (exact) mass is 333 g/mol. The molecule has 2 rings (SSSR count). The van der Waals surface area contributed by atoms with Crippen molar-refractivity contribution in [2.75, 3.05) is 19.8 Å². The van der Waals surface area contributed by atoms with Gasteiger partial charge in [0, 0.05) is 0 Å². The summed E-state index contributed by atoms with van der Waals surface area (Å²) in [5.74, 6) is -1.56. The molecule has 0 atom stereocenters. The Hall–Kier alpha value is -1.80. The molecule has 128 valence electrons. The van der Waals surface area contributed by atoms with Crippen LogP contribution in [0.2, 0.25) is 0 Å². The summed E-state index contributed by atoms with van der Waals surface area (Å²) in [6, 6.07) is 5.32. The van der Waals surface area contributed by atoms with Crippen molar-refractivity contribution in [3.8, 4) is 5.75 Å². The van der Waals surface area contributed by atoms with Crippen LogP contribution < -0.4 is 10.1 Å². The maximum absolute atomic E-state index is 12.2. The molecule has 0 unspecified atom stereocenters. The molecule has 1 aliphatic heterocycles. The van der Waals surface area contributed by atoms with Gasteiger partial charge in [-0.1, -0.05) is 12.1 Å². The topological polar surface area (TPSA) is 56.8 Å². The lowest BCUT2D eigenvalue weighted by atomic mass is 10.1. The fourth-order valence-electron chi connectivity index (χ4n) is 2.14. The van der Waals surface area contributed by atoms with Crippen LogP contribution in [0.3, 0.4) is 0 Å². The minimum absolute atomic E-state index is 0.0643. The molecule has 1 saturated heterocycles. The molecule has 1 amide bonds. The van der Waals surface area contributed by atoms with Gasteiger partial charge in [-0.05, 0) is 31.0 Å². The van der Waals surface area contributed by atoms with Gasteiger partial charge in [-0.2, -0.15) is 0 Å². The van der Waals surface area contributed by atoms with Crippen LogP contribution in [0.25, 0.3) is 0 Å². The van der Waals surface area contributed by atoms with E-state index in [1.54, 1.807) is 13.0 Å². The Bertz CT molecular complexity index is 542. The molecular weight excluding hydrogens is 315 g/mol.